The number of carbonyl (C=O) groups excluding carboxylic acids is 1. The Bertz CT molecular complexity index is 518. The number of cyclic esters (lactones) is 1. The Balaban J connectivity index is 2.87. The summed E-state index contributed by atoms with van der Waals surface area (Å²) in [6.07, 6.45) is 12.2. The van der Waals surface area contributed by atoms with Crippen molar-refractivity contribution in [1.82, 2.24) is 0 Å². The Morgan fingerprint density at radius 1 is 1.10 bits per heavy atom. The van der Waals surface area contributed by atoms with Crippen molar-refractivity contribution in [2.45, 2.75) is 112 Å². The van der Waals surface area contributed by atoms with E-state index in [2.05, 4.69) is 37.9 Å². The standard InChI is InChI=1S/C13H19O3.3C4H9.Sn/c1-5-8(2)12(14)10(4)11-7-6-9(3)13(15)16-11;3*1-3-4-2;/h1,5-6,8,10-12,14H,7H2,2-4H3;3*1,3-4H2,2H3;/t8-,10+,11-,12-;;;;/m1..../s1. The molecule has 1 rings (SSSR count). The Labute approximate surface area is 184 Å². The molecule has 0 fully saturated rings. The summed E-state index contributed by atoms with van der Waals surface area (Å²) in [7, 11) is 0. The van der Waals surface area contributed by atoms with E-state index in [0.29, 0.717) is 12.0 Å². The van der Waals surface area contributed by atoms with Crippen LogP contribution in [0.15, 0.2) is 21.8 Å². The third-order valence-corrected chi connectivity index (χ3v) is 20.9. The van der Waals surface area contributed by atoms with E-state index < -0.39 is 24.5 Å². The molecule has 168 valence electrons. The van der Waals surface area contributed by atoms with E-state index in [1.807, 2.05) is 13.0 Å². The number of aliphatic hydroxyl groups is 1. The number of hydrogen-bond donors (Lipinski definition) is 1. The van der Waals surface area contributed by atoms with Crippen LogP contribution in [-0.2, 0) is 9.53 Å². The summed E-state index contributed by atoms with van der Waals surface area (Å²) in [6.45, 7) is 12.8. The topological polar surface area (TPSA) is 46.5 Å². The zero-order chi connectivity index (χ0) is 21.9. The first-order chi connectivity index (χ1) is 13.8. The van der Waals surface area contributed by atoms with E-state index in [1.165, 1.54) is 51.8 Å². The molecule has 0 unspecified atom stereocenters. The summed E-state index contributed by atoms with van der Waals surface area (Å²) in [6, 6.07) is 0. The van der Waals surface area contributed by atoms with Crippen LogP contribution in [0.25, 0.3) is 0 Å². The molecule has 0 aromatic carbocycles. The van der Waals surface area contributed by atoms with Crippen LogP contribution in [0.3, 0.4) is 0 Å². The van der Waals surface area contributed by atoms with Gasteiger partial charge in [0.05, 0.1) is 0 Å². The first kappa shape index (κ1) is 26.7. The second-order valence-corrected chi connectivity index (χ2v) is 22.3. The zero-order valence-electron chi connectivity index (χ0n) is 19.9. The first-order valence-electron chi connectivity index (χ1n) is 12.0. The van der Waals surface area contributed by atoms with Crippen LogP contribution < -0.4 is 0 Å². The van der Waals surface area contributed by atoms with Crippen molar-refractivity contribution in [3.63, 3.8) is 0 Å². The summed E-state index contributed by atoms with van der Waals surface area (Å²) in [4.78, 5) is 11.9. The first-order valence-corrected chi connectivity index (χ1v) is 19.8. The van der Waals surface area contributed by atoms with Gasteiger partial charge in [-0.25, -0.2) is 0 Å². The Kier molecular flexibility index (Phi) is 12.8. The van der Waals surface area contributed by atoms with E-state index in [0.717, 1.165) is 0 Å². The molecule has 0 saturated carbocycles. The van der Waals surface area contributed by atoms with Crippen LogP contribution in [0.4, 0.5) is 0 Å². The molecule has 0 bridgehead atoms. The monoisotopic (exact) mass is 514 g/mol. The molecule has 0 aliphatic carbocycles. The number of esters is 1. The summed E-state index contributed by atoms with van der Waals surface area (Å²) in [5.41, 5.74) is 0.678. The maximum atomic E-state index is 11.9. The minimum atomic E-state index is -2.32. The summed E-state index contributed by atoms with van der Waals surface area (Å²) in [5.74, 6) is -0.205. The molecule has 0 aromatic heterocycles. The van der Waals surface area contributed by atoms with Crippen molar-refractivity contribution < 1.29 is 14.6 Å². The van der Waals surface area contributed by atoms with Crippen molar-refractivity contribution in [3.8, 4) is 0 Å². The molecule has 0 amide bonds. The zero-order valence-corrected chi connectivity index (χ0v) is 22.7. The minimum absolute atomic E-state index is 0.0607. The average Bonchev–Trinajstić information content (AvgIpc) is 2.73. The number of unbranched alkanes of at least 4 members (excludes halogenated alkanes) is 3. The molecule has 0 spiro atoms. The van der Waals surface area contributed by atoms with Gasteiger partial charge in [0.15, 0.2) is 0 Å². The number of carbonyl (C=O) groups is 1. The van der Waals surface area contributed by atoms with Crippen molar-refractivity contribution in [3.05, 3.63) is 21.8 Å². The summed E-state index contributed by atoms with van der Waals surface area (Å²) >= 11 is -2.32. The number of aliphatic hydroxyl groups excluding tert-OH is 1. The van der Waals surface area contributed by atoms with Gasteiger partial charge in [0.2, 0.25) is 0 Å². The third kappa shape index (κ3) is 8.77. The molecule has 1 aliphatic rings. The van der Waals surface area contributed by atoms with E-state index in [4.69, 9.17) is 4.74 Å². The number of ether oxygens (including phenoxy) is 1. The SMILES string of the molecule is CCC[CH2][Sn](/[CH]=C/[C@@H](C)[C@@H](O)[C@@H](C)[C@H]1CC=C(C)C(=O)O1)([CH2]CCC)[CH2]CCC. The van der Waals surface area contributed by atoms with Gasteiger partial charge in [-0.3, -0.25) is 0 Å². The molecule has 1 N–H and O–H groups in total. The molecule has 0 saturated heterocycles. The van der Waals surface area contributed by atoms with Crippen molar-refractivity contribution in [2.75, 3.05) is 0 Å². The Hall–Kier alpha value is -0.291. The van der Waals surface area contributed by atoms with Crippen LogP contribution in [0.1, 0.15) is 86.5 Å². The Morgan fingerprint density at radius 3 is 2.07 bits per heavy atom. The van der Waals surface area contributed by atoms with Gasteiger partial charge in [-0.15, -0.1) is 0 Å². The van der Waals surface area contributed by atoms with Crippen LogP contribution in [-0.4, -0.2) is 41.7 Å². The van der Waals surface area contributed by atoms with Gasteiger partial charge in [-0.1, -0.05) is 0 Å². The van der Waals surface area contributed by atoms with Gasteiger partial charge in [-0.2, -0.15) is 0 Å². The van der Waals surface area contributed by atoms with Crippen molar-refractivity contribution >= 4 is 24.3 Å². The van der Waals surface area contributed by atoms with Crippen LogP contribution in [0.5, 0.6) is 0 Å². The van der Waals surface area contributed by atoms with Gasteiger partial charge in [0.25, 0.3) is 0 Å². The summed E-state index contributed by atoms with van der Waals surface area (Å²) in [5, 5.41) is 11.0. The van der Waals surface area contributed by atoms with Crippen molar-refractivity contribution in [2.24, 2.45) is 11.8 Å². The predicted octanol–water partition coefficient (Wildman–Crippen LogP) is 6.83. The van der Waals surface area contributed by atoms with Gasteiger partial charge in [-0.05, 0) is 0 Å². The van der Waals surface area contributed by atoms with Gasteiger partial charge in [0.1, 0.15) is 0 Å². The molecule has 3 nitrogen and oxygen atoms in total. The molecular formula is C25H46O3Sn. The second-order valence-electron chi connectivity index (χ2n) is 9.31. The predicted molar refractivity (Wildman–Crippen MR) is 127 cm³/mol. The molecule has 1 aliphatic heterocycles. The van der Waals surface area contributed by atoms with Crippen LogP contribution in [0, 0.1) is 11.8 Å². The fraction of sp³-hybridized carbons (Fsp3) is 0.800. The van der Waals surface area contributed by atoms with E-state index in [1.54, 1.807) is 6.92 Å². The molecular weight excluding hydrogens is 467 g/mol. The molecule has 4 atom stereocenters. The Morgan fingerprint density at radius 2 is 1.62 bits per heavy atom. The number of hydrogen-bond acceptors (Lipinski definition) is 3. The van der Waals surface area contributed by atoms with Gasteiger partial charge >= 0.3 is 185 Å². The molecule has 1 heterocycles. The van der Waals surface area contributed by atoms with E-state index >= 15 is 0 Å². The van der Waals surface area contributed by atoms with Crippen molar-refractivity contribution in [1.29, 1.82) is 0 Å². The maximum absolute atomic E-state index is 11.9. The summed E-state index contributed by atoms with van der Waals surface area (Å²) < 4.78 is 12.6. The second kappa shape index (κ2) is 13.9. The molecule has 0 aromatic rings. The van der Waals surface area contributed by atoms with Gasteiger partial charge < -0.3 is 0 Å². The van der Waals surface area contributed by atoms with E-state index in [9.17, 15) is 9.90 Å². The van der Waals surface area contributed by atoms with Gasteiger partial charge in [0, 0.05) is 0 Å². The molecule has 0 radical (unpaired) electrons. The fourth-order valence-electron chi connectivity index (χ4n) is 4.36. The van der Waals surface area contributed by atoms with Crippen LogP contribution >= 0.6 is 0 Å². The fourth-order valence-corrected chi connectivity index (χ4v) is 19.0. The normalized spacial score (nSPS) is 21.0. The quantitative estimate of drug-likeness (QED) is 0.205. The van der Waals surface area contributed by atoms with Crippen LogP contribution in [0.2, 0.25) is 13.3 Å². The molecule has 29 heavy (non-hydrogen) atoms. The molecule has 4 heteroatoms. The number of rotatable bonds is 14. The third-order valence-electron chi connectivity index (χ3n) is 6.74. The van der Waals surface area contributed by atoms with E-state index in [-0.39, 0.29) is 23.9 Å². The average molecular weight is 513 g/mol.